The van der Waals surface area contributed by atoms with Crippen molar-refractivity contribution in [1.82, 2.24) is 10.1 Å². The van der Waals surface area contributed by atoms with Crippen LogP contribution in [0.2, 0.25) is 0 Å². The highest BCUT2D eigenvalue weighted by Crippen LogP contribution is 2.35. The fourth-order valence-electron chi connectivity index (χ4n) is 2.88. The molecule has 1 saturated heterocycles. The molecule has 0 aliphatic carbocycles. The maximum Gasteiger partial charge on any atom is 0.416 e. The van der Waals surface area contributed by atoms with Crippen LogP contribution in [0.15, 0.2) is 41.1 Å². The van der Waals surface area contributed by atoms with E-state index < -0.39 is 23.9 Å². The van der Waals surface area contributed by atoms with E-state index in [1.54, 1.807) is 6.07 Å². The molecule has 1 aliphatic rings. The first kappa shape index (κ1) is 16.5. The molecular formula is C16H15F3N2O3. The minimum Gasteiger partial charge on any atom is -0.391 e. The lowest BCUT2D eigenvalue weighted by molar-refractivity contribution is -0.137. The normalized spacial score (nSPS) is 21.2. The molecule has 0 spiro atoms. The Morgan fingerprint density at radius 3 is 2.58 bits per heavy atom. The molecular weight excluding hydrogens is 325 g/mol. The van der Waals surface area contributed by atoms with Gasteiger partial charge in [-0.25, -0.2) is 0 Å². The Labute approximate surface area is 135 Å². The number of halogens is 3. The predicted molar refractivity (Wildman–Crippen MR) is 76.7 cm³/mol. The molecule has 5 nitrogen and oxygen atoms in total. The van der Waals surface area contributed by atoms with Gasteiger partial charge in [0, 0.05) is 12.6 Å². The summed E-state index contributed by atoms with van der Waals surface area (Å²) in [5.41, 5.74) is 0.283. The van der Waals surface area contributed by atoms with Crippen molar-refractivity contribution < 1.29 is 27.6 Å². The van der Waals surface area contributed by atoms with Crippen molar-refractivity contribution >= 4 is 5.91 Å². The first-order chi connectivity index (χ1) is 11.3. The van der Waals surface area contributed by atoms with Gasteiger partial charge in [0.1, 0.15) is 6.26 Å². The fourth-order valence-corrected chi connectivity index (χ4v) is 2.88. The highest BCUT2D eigenvalue weighted by Gasteiger charge is 2.36. The molecule has 0 bridgehead atoms. The summed E-state index contributed by atoms with van der Waals surface area (Å²) in [6, 6.07) is 5.78. The van der Waals surface area contributed by atoms with Gasteiger partial charge in [0.2, 0.25) is 5.91 Å². The number of hydrogen-bond acceptors (Lipinski definition) is 4. The van der Waals surface area contributed by atoms with Crippen molar-refractivity contribution in [3.05, 3.63) is 53.4 Å². The van der Waals surface area contributed by atoms with Crippen molar-refractivity contribution in [2.24, 2.45) is 0 Å². The number of alkyl halides is 3. The van der Waals surface area contributed by atoms with Crippen LogP contribution in [0.3, 0.4) is 0 Å². The third kappa shape index (κ3) is 3.43. The molecule has 1 aliphatic heterocycles. The quantitative estimate of drug-likeness (QED) is 0.933. The van der Waals surface area contributed by atoms with Crippen LogP contribution in [0.5, 0.6) is 0 Å². The molecule has 1 fully saturated rings. The molecule has 1 aromatic carbocycles. The average molecular weight is 340 g/mol. The lowest BCUT2D eigenvalue weighted by Gasteiger charge is -2.24. The number of amides is 1. The molecule has 1 aromatic heterocycles. The smallest absolute Gasteiger partial charge is 0.391 e. The van der Waals surface area contributed by atoms with Crippen molar-refractivity contribution in [1.29, 1.82) is 0 Å². The zero-order valence-electron chi connectivity index (χ0n) is 12.5. The molecule has 0 radical (unpaired) electrons. The van der Waals surface area contributed by atoms with E-state index in [0.717, 1.165) is 12.1 Å². The predicted octanol–water partition coefficient (Wildman–Crippen LogP) is 2.57. The lowest BCUT2D eigenvalue weighted by atomic mass is 10.0. The number of rotatable bonds is 3. The molecule has 0 unspecified atom stereocenters. The summed E-state index contributed by atoms with van der Waals surface area (Å²) in [7, 11) is 0. The zero-order valence-corrected chi connectivity index (χ0v) is 12.5. The SMILES string of the molecule is O=C(Cc1ccon1)N1C[C@@H](O)C[C@@H]1c1ccc(C(F)(F)F)cc1. The van der Waals surface area contributed by atoms with Gasteiger partial charge in [-0.2, -0.15) is 13.2 Å². The van der Waals surface area contributed by atoms with Gasteiger partial charge in [0.15, 0.2) is 0 Å². The Morgan fingerprint density at radius 1 is 1.29 bits per heavy atom. The van der Waals surface area contributed by atoms with Gasteiger partial charge in [-0.1, -0.05) is 17.3 Å². The number of benzene rings is 1. The standard InChI is InChI=1S/C16H15F3N2O3/c17-16(18,19)11-3-1-10(2-4-11)14-8-13(22)9-21(14)15(23)7-12-5-6-24-20-12/h1-6,13-14,22H,7-9H2/t13-,14+/m0/s1. The van der Waals surface area contributed by atoms with Crippen LogP contribution < -0.4 is 0 Å². The van der Waals surface area contributed by atoms with Crippen LogP contribution in [-0.4, -0.2) is 33.7 Å². The lowest BCUT2D eigenvalue weighted by Crippen LogP contribution is -2.33. The molecule has 3 rings (SSSR count). The molecule has 2 atom stereocenters. The highest BCUT2D eigenvalue weighted by atomic mass is 19.4. The number of β-amino-alcohol motifs (C(OH)–C–C–N with tert-alkyl or cyclic N) is 1. The minimum absolute atomic E-state index is 0.0142. The van der Waals surface area contributed by atoms with Crippen LogP contribution in [0.25, 0.3) is 0 Å². The largest absolute Gasteiger partial charge is 0.416 e. The summed E-state index contributed by atoms with van der Waals surface area (Å²) >= 11 is 0. The number of likely N-dealkylation sites (tertiary alicyclic amines) is 1. The van der Waals surface area contributed by atoms with Gasteiger partial charge < -0.3 is 14.5 Å². The van der Waals surface area contributed by atoms with Gasteiger partial charge in [-0.05, 0) is 24.1 Å². The van der Waals surface area contributed by atoms with Gasteiger partial charge in [-0.15, -0.1) is 0 Å². The van der Waals surface area contributed by atoms with Crippen molar-refractivity contribution in [3.8, 4) is 0 Å². The first-order valence-corrected chi connectivity index (χ1v) is 7.38. The van der Waals surface area contributed by atoms with E-state index in [2.05, 4.69) is 9.68 Å². The topological polar surface area (TPSA) is 66.6 Å². The molecule has 1 amide bonds. The number of hydrogen-bond donors (Lipinski definition) is 1. The summed E-state index contributed by atoms with van der Waals surface area (Å²) in [5.74, 6) is -0.259. The fraction of sp³-hybridized carbons (Fsp3) is 0.375. The van der Waals surface area contributed by atoms with E-state index in [0.29, 0.717) is 11.3 Å². The third-order valence-electron chi connectivity index (χ3n) is 4.05. The summed E-state index contributed by atoms with van der Waals surface area (Å²) in [4.78, 5) is 13.9. The maximum atomic E-state index is 12.7. The average Bonchev–Trinajstić information content (AvgIpc) is 3.16. The Kier molecular flexibility index (Phi) is 4.31. The number of carbonyl (C=O) groups excluding carboxylic acids is 1. The molecule has 1 N–H and O–H groups in total. The first-order valence-electron chi connectivity index (χ1n) is 7.38. The van der Waals surface area contributed by atoms with Gasteiger partial charge in [-0.3, -0.25) is 4.79 Å². The van der Waals surface area contributed by atoms with E-state index >= 15 is 0 Å². The van der Waals surface area contributed by atoms with Crippen LogP contribution in [-0.2, 0) is 17.4 Å². The second kappa shape index (κ2) is 6.27. The highest BCUT2D eigenvalue weighted by molar-refractivity contribution is 5.79. The van der Waals surface area contributed by atoms with Gasteiger partial charge in [0.25, 0.3) is 0 Å². The Morgan fingerprint density at radius 2 is 2.00 bits per heavy atom. The molecule has 128 valence electrons. The second-order valence-corrected chi connectivity index (χ2v) is 5.74. The molecule has 2 aromatic rings. The van der Waals surface area contributed by atoms with Crippen LogP contribution in [0.1, 0.15) is 29.3 Å². The number of aliphatic hydroxyl groups is 1. The molecule has 0 saturated carbocycles. The maximum absolute atomic E-state index is 12.7. The van der Waals surface area contributed by atoms with E-state index in [-0.39, 0.29) is 25.3 Å². The van der Waals surface area contributed by atoms with Gasteiger partial charge in [0.05, 0.1) is 29.8 Å². The van der Waals surface area contributed by atoms with Crippen molar-refractivity contribution in [2.45, 2.75) is 31.2 Å². The van der Waals surface area contributed by atoms with Crippen molar-refractivity contribution in [3.63, 3.8) is 0 Å². The minimum atomic E-state index is -4.41. The third-order valence-corrected chi connectivity index (χ3v) is 4.05. The number of carbonyl (C=O) groups is 1. The summed E-state index contributed by atoms with van der Waals surface area (Å²) in [5, 5.41) is 13.6. The number of aliphatic hydroxyl groups excluding tert-OH is 1. The Bertz CT molecular complexity index is 698. The van der Waals surface area contributed by atoms with Crippen molar-refractivity contribution in [2.75, 3.05) is 6.54 Å². The summed E-state index contributed by atoms with van der Waals surface area (Å²) in [6.45, 7) is 0.141. The Balaban J connectivity index is 1.78. The molecule has 24 heavy (non-hydrogen) atoms. The molecule has 2 heterocycles. The Hall–Kier alpha value is -2.35. The number of nitrogens with zero attached hydrogens (tertiary/aromatic N) is 2. The van der Waals surface area contributed by atoms with Gasteiger partial charge >= 0.3 is 6.18 Å². The van der Waals surface area contributed by atoms with E-state index in [4.69, 9.17) is 0 Å². The monoisotopic (exact) mass is 340 g/mol. The molecule has 8 heteroatoms. The van der Waals surface area contributed by atoms with E-state index in [1.165, 1.54) is 23.3 Å². The number of aromatic nitrogens is 1. The van der Waals surface area contributed by atoms with Crippen LogP contribution in [0, 0.1) is 0 Å². The zero-order chi connectivity index (χ0) is 17.3. The van der Waals surface area contributed by atoms with Crippen LogP contribution >= 0.6 is 0 Å². The van der Waals surface area contributed by atoms with E-state index in [9.17, 15) is 23.1 Å². The summed E-state index contributed by atoms with van der Waals surface area (Å²) < 4.78 is 42.6. The second-order valence-electron chi connectivity index (χ2n) is 5.74. The summed E-state index contributed by atoms with van der Waals surface area (Å²) in [6.07, 6.45) is -3.46. The van der Waals surface area contributed by atoms with E-state index in [1.807, 2.05) is 0 Å². The van der Waals surface area contributed by atoms with Crippen LogP contribution in [0.4, 0.5) is 13.2 Å².